The van der Waals surface area contributed by atoms with Crippen LogP contribution in [-0.2, 0) is 14.4 Å². The van der Waals surface area contributed by atoms with Gasteiger partial charge in [-0.15, -0.1) is 17.9 Å². The molecule has 0 saturated heterocycles. The first kappa shape index (κ1) is 26.2. The highest BCUT2D eigenvalue weighted by atomic mass is 32.1. The van der Waals surface area contributed by atoms with Gasteiger partial charge in [-0.3, -0.25) is 14.4 Å². The van der Waals surface area contributed by atoms with Gasteiger partial charge in [-0.2, -0.15) is 0 Å². The summed E-state index contributed by atoms with van der Waals surface area (Å²) in [5, 5.41) is 13.4. The number of carboxylic acid groups (broad SMARTS) is 1. The number of aliphatic carboxylic acids is 1. The SMILES string of the molecule is C=CC1CCC(C(=O)Oc2ccc(OC(=O)C3CCC(C(=O)O)CC3)cc2-c2scc3ccccc23)CC1. The van der Waals surface area contributed by atoms with Crippen LogP contribution in [0.3, 0.4) is 0 Å². The predicted octanol–water partition coefficient (Wildman–Crippen LogP) is 7.26. The van der Waals surface area contributed by atoms with E-state index in [0.29, 0.717) is 48.7 Å². The molecule has 0 radical (unpaired) electrons. The van der Waals surface area contributed by atoms with Crippen LogP contribution in [0.2, 0.25) is 0 Å². The van der Waals surface area contributed by atoms with Crippen molar-refractivity contribution >= 4 is 40.0 Å². The Morgan fingerprint density at radius 2 is 1.47 bits per heavy atom. The fourth-order valence-corrected chi connectivity index (χ4v) is 6.65. The van der Waals surface area contributed by atoms with E-state index in [2.05, 4.69) is 12.0 Å². The Morgan fingerprint density at radius 3 is 2.16 bits per heavy atom. The number of carbonyl (C=O) groups is 3. The molecule has 0 bridgehead atoms. The molecule has 2 aliphatic rings. The van der Waals surface area contributed by atoms with Crippen molar-refractivity contribution < 1.29 is 29.0 Å². The lowest BCUT2D eigenvalue weighted by molar-refractivity contribution is -0.146. The molecule has 7 heteroatoms. The van der Waals surface area contributed by atoms with Gasteiger partial charge in [0.05, 0.1) is 17.8 Å². The first-order chi connectivity index (χ1) is 18.4. The molecule has 2 aliphatic carbocycles. The zero-order valence-electron chi connectivity index (χ0n) is 21.3. The molecule has 3 aromatic rings. The van der Waals surface area contributed by atoms with Crippen LogP contribution >= 0.6 is 11.3 Å². The molecule has 1 aromatic heterocycles. The zero-order valence-corrected chi connectivity index (χ0v) is 22.1. The lowest BCUT2D eigenvalue weighted by Crippen LogP contribution is -2.28. The molecule has 198 valence electrons. The summed E-state index contributed by atoms with van der Waals surface area (Å²) in [6.45, 7) is 3.88. The number of hydrogen-bond acceptors (Lipinski definition) is 6. The van der Waals surface area contributed by atoms with Crippen LogP contribution in [0.1, 0.15) is 51.4 Å². The van der Waals surface area contributed by atoms with Crippen molar-refractivity contribution in [1.29, 1.82) is 0 Å². The van der Waals surface area contributed by atoms with Crippen LogP contribution in [0.15, 0.2) is 60.5 Å². The van der Waals surface area contributed by atoms with Crippen LogP contribution in [0.5, 0.6) is 11.5 Å². The highest BCUT2D eigenvalue weighted by Crippen LogP contribution is 2.42. The minimum Gasteiger partial charge on any atom is -0.481 e. The lowest BCUT2D eigenvalue weighted by atomic mass is 9.82. The van der Waals surface area contributed by atoms with Crippen molar-refractivity contribution in [1.82, 2.24) is 0 Å². The topological polar surface area (TPSA) is 89.9 Å². The van der Waals surface area contributed by atoms with E-state index in [1.54, 1.807) is 29.5 Å². The normalized spacial score (nSPS) is 23.5. The Labute approximate surface area is 226 Å². The Hall–Kier alpha value is -3.45. The van der Waals surface area contributed by atoms with Gasteiger partial charge in [0.25, 0.3) is 0 Å². The predicted molar refractivity (Wildman–Crippen MR) is 147 cm³/mol. The molecule has 38 heavy (non-hydrogen) atoms. The van der Waals surface area contributed by atoms with Gasteiger partial charge < -0.3 is 14.6 Å². The third-order valence-electron chi connectivity index (χ3n) is 7.98. The fourth-order valence-electron chi connectivity index (χ4n) is 5.60. The number of ether oxygens (including phenoxy) is 2. The first-order valence-corrected chi connectivity index (χ1v) is 14.2. The number of allylic oxidation sites excluding steroid dienone is 1. The molecule has 0 spiro atoms. The highest BCUT2D eigenvalue weighted by molar-refractivity contribution is 7.15. The Bertz CT molecular complexity index is 1340. The first-order valence-electron chi connectivity index (χ1n) is 13.3. The van der Waals surface area contributed by atoms with Crippen molar-refractivity contribution in [3.05, 3.63) is 60.5 Å². The maximum atomic E-state index is 13.1. The van der Waals surface area contributed by atoms with E-state index >= 15 is 0 Å². The summed E-state index contributed by atoms with van der Waals surface area (Å²) >= 11 is 1.56. The van der Waals surface area contributed by atoms with Gasteiger partial charge in [-0.1, -0.05) is 30.3 Å². The Kier molecular flexibility index (Phi) is 7.93. The van der Waals surface area contributed by atoms with Crippen molar-refractivity contribution in [3.63, 3.8) is 0 Å². The summed E-state index contributed by atoms with van der Waals surface area (Å²) in [6.07, 6.45) is 7.38. The van der Waals surface area contributed by atoms with Gasteiger partial charge in [0.2, 0.25) is 0 Å². The average molecular weight is 533 g/mol. The number of esters is 2. The molecule has 0 atom stereocenters. The highest BCUT2D eigenvalue weighted by Gasteiger charge is 2.31. The number of hydrogen-bond donors (Lipinski definition) is 1. The van der Waals surface area contributed by atoms with Crippen molar-refractivity contribution in [3.8, 4) is 21.9 Å². The van der Waals surface area contributed by atoms with Crippen LogP contribution in [0.4, 0.5) is 0 Å². The number of thiophene rings is 1. The zero-order chi connectivity index (χ0) is 26.6. The second kappa shape index (κ2) is 11.5. The lowest BCUT2D eigenvalue weighted by Gasteiger charge is -2.25. The summed E-state index contributed by atoms with van der Waals surface area (Å²) in [4.78, 5) is 38.2. The minimum absolute atomic E-state index is 0.141. The van der Waals surface area contributed by atoms with Crippen LogP contribution in [0, 0.1) is 23.7 Å². The quantitative estimate of drug-likeness (QED) is 0.196. The van der Waals surface area contributed by atoms with Gasteiger partial charge in [-0.25, -0.2) is 0 Å². The number of carbonyl (C=O) groups excluding carboxylic acids is 2. The van der Waals surface area contributed by atoms with Crippen LogP contribution in [0.25, 0.3) is 21.2 Å². The number of rotatable bonds is 7. The Morgan fingerprint density at radius 1 is 0.842 bits per heavy atom. The monoisotopic (exact) mass is 532 g/mol. The van der Waals surface area contributed by atoms with Crippen LogP contribution < -0.4 is 9.47 Å². The van der Waals surface area contributed by atoms with Gasteiger partial charge in [-0.05, 0) is 86.2 Å². The van der Waals surface area contributed by atoms with E-state index < -0.39 is 11.9 Å². The number of carboxylic acids is 1. The molecule has 0 amide bonds. The van der Waals surface area contributed by atoms with Crippen molar-refractivity contribution in [2.75, 3.05) is 0 Å². The largest absolute Gasteiger partial charge is 0.481 e. The molecule has 0 unspecified atom stereocenters. The number of benzene rings is 2. The van der Waals surface area contributed by atoms with Gasteiger partial charge in [0.1, 0.15) is 11.5 Å². The smallest absolute Gasteiger partial charge is 0.314 e. The third-order valence-corrected chi connectivity index (χ3v) is 9.03. The summed E-state index contributed by atoms with van der Waals surface area (Å²) < 4.78 is 11.8. The molecular weight excluding hydrogens is 500 g/mol. The molecule has 0 aliphatic heterocycles. The number of fused-ring (bicyclic) bond motifs is 1. The second-order valence-electron chi connectivity index (χ2n) is 10.4. The summed E-state index contributed by atoms with van der Waals surface area (Å²) in [5.74, 6) is -0.932. The van der Waals surface area contributed by atoms with Crippen molar-refractivity contribution in [2.45, 2.75) is 51.4 Å². The van der Waals surface area contributed by atoms with Gasteiger partial charge in [0.15, 0.2) is 0 Å². The maximum Gasteiger partial charge on any atom is 0.314 e. The molecule has 5 rings (SSSR count). The molecule has 6 nitrogen and oxygen atoms in total. The van der Waals surface area contributed by atoms with E-state index in [1.807, 2.05) is 30.3 Å². The van der Waals surface area contributed by atoms with E-state index in [1.165, 1.54) is 0 Å². The second-order valence-corrected chi connectivity index (χ2v) is 11.3. The molecule has 1 N–H and O–H groups in total. The van der Waals surface area contributed by atoms with Gasteiger partial charge in [0, 0.05) is 15.8 Å². The molecule has 2 fully saturated rings. The standard InChI is InChI=1S/C31H32O6S/c1-2-19-7-9-21(10-8-19)31(35)37-27-16-15-24(36-30(34)22-13-11-20(12-14-22)29(32)33)17-26(27)28-25-6-4-3-5-23(25)18-38-28/h2-6,15-22H,1,7-14H2,(H,32,33). The molecule has 2 aromatic carbocycles. The average Bonchev–Trinajstić information content (AvgIpc) is 3.38. The Balaban J connectivity index is 1.38. The van der Waals surface area contributed by atoms with Crippen molar-refractivity contribution in [2.24, 2.45) is 23.7 Å². The van der Waals surface area contributed by atoms with E-state index in [-0.39, 0.29) is 23.8 Å². The third kappa shape index (κ3) is 5.68. The van der Waals surface area contributed by atoms with E-state index in [4.69, 9.17) is 9.47 Å². The van der Waals surface area contributed by atoms with E-state index in [0.717, 1.165) is 41.3 Å². The van der Waals surface area contributed by atoms with Gasteiger partial charge >= 0.3 is 17.9 Å². The van der Waals surface area contributed by atoms with Crippen LogP contribution in [-0.4, -0.2) is 23.0 Å². The summed E-state index contributed by atoms with van der Waals surface area (Å²) in [6, 6.07) is 13.2. The molecular formula is C31H32O6S. The molecule has 1 heterocycles. The fraction of sp³-hybridized carbons (Fsp3) is 0.387. The molecule has 2 saturated carbocycles. The minimum atomic E-state index is -0.802. The summed E-state index contributed by atoms with van der Waals surface area (Å²) in [7, 11) is 0. The van der Waals surface area contributed by atoms with E-state index in [9.17, 15) is 19.5 Å². The maximum absolute atomic E-state index is 13.1. The summed E-state index contributed by atoms with van der Waals surface area (Å²) in [5.41, 5.74) is 0.712.